The van der Waals surface area contributed by atoms with Crippen LogP contribution in [-0.2, 0) is 0 Å². The summed E-state index contributed by atoms with van der Waals surface area (Å²) in [6, 6.07) is 4.46. The van der Waals surface area contributed by atoms with Crippen molar-refractivity contribution in [2.45, 2.75) is 6.92 Å². The Hall–Kier alpha value is -3.40. The number of fused-ring (bicyclic) bond motifs is 1. The SMILES string of the molecule is CCOc1nc(Nc2cc(F)c(C(=O)N3CCN(C)CC3)cc2OC)nc2[nH]ccc12. The van der Waals surface area contributed by atoms with E-state index in [0.717, 1.165) is 18.5 Å². The summed E-state index contributed by atoms with van der Waals surface area (Å²) in [5, 5.41) is 3.73. The number of anilines is 2. The fourth-order valence-corrected chi connectivity index (χ4v) is 3.50. The summed E-state index contributed by atoms with van der Waals surface area (Å²) in [6.45, 7) is 4.93. The van der Waals surface area contributed by atoms with Crippen molar-refractivity contribution in [2.75, 3.05) is 52.3 Å². The minimum Gasteiger partial charge on any atom is -0.495 e. The predicted molar refractivity (Wildman–Crippen MR) is 115 cm³/mol. The molecule has 3 aromatic rings. The Balaban J connectivity index is 1.63. The zero-order chi connectivity index (χ0) is 22.0. The Labute approximate surface area is 179 Å². The molecule has 1 saturated heterocycles. The zero-order valence-corrected chi connectivity index (χ0v) is 17.7. The number of aromatic amines is 1. The number of halogens is 1. The fourth-order valence-electron chi connectivity index (χ4n) is 3.50. The number of nitrogens with one attached hydrogen (secondary N) is 2. The third-order valence-corrected chi connectivity index (χ3v) is 5.22. The Kier molecular flexibility index (Phi) is 5.90. The van der Waals surface area contributed by atoms with E-state index < -0.39 is 5.82 Å². The number of hydrogen-bond acceptors (Lipinski definition) is 7. The van der Waals surface area contributed by atoms with Gasteiger partial charge in [0.15, 0.2) is 0 Å². The Morgan fingerprint density at radius 2 is 2.03 bits per heavy atom. The standard InChI is InChI=1S/C21H25FN6O3/c1-4-31-19-13-5-6-23-18(13)25-21(26-19)24-16-12-15(22)14(11-17(16)30-3)20(29)28-9-7-27(2)8-10-28/h5-6,11-12H,4,7-10H2,1-3H3,(H2,23,24,25,26). The minimum absolute atomic E-state index is 0.0253. The fraction of sp³-hybridized carbons (Fsp3) is 0.381. The summed E-state index contributed by atoms with van der Waals surface area (Å²) in [5.74, 6) is -0.0461. The monoisotopic (exact) mass is 428 g/mol. The molecule has 0 bridgehead atoms. The number of piperazine rings is 1. The number of rotatable bonds is 6. The maximum Gasteiger partial charge on any atom is 0.257 e. The minimum atomic E-state index is -0.641. The average molecular weight is 428 g/mol. The van der Waals surface area contributed by atoms with E-state index in [9.17, 15) is 9.18 Å². The highest BCUT2D eigenvalue weighted by Gasteiger charge is 2.25. The normalized spacial score (nSPS) is 14.6. The molecule has 1 fully saturated rings. The van der Waals surface area contributed by atoms with Crippen molar-refractivity contribution in [3.8, 4) is 11.6 Å². The van der Waals surface area contributed by atoms with E-state index in [1.165, 1.54) is 19.2 Å². The lowest BCUT2D eigenvalue weighted by Crippen LogP contribution is -2.47. The molecule has 0 aliphatic carbocycles. The first-order valence-corrected chi connectivity index (χ1v) is 10.1. The number of H-pyrrole nitrogens is 1. The summed E-state index contributed by atoms with van der Waals surface area (Å²) < 4.78 is 25.9. The van der Waals surface area contributed by atoms with Crippen molar-refractivity contribution >= 4 is 28.6 Å². The third kappa shape index (κ3) is 4.24. The van der Waals surface area contributed by atoms with Gasteiger partial charge in [-0.25, -0.2) is 4.39 Å². The summed E-state index contributed by atoms with van der Waals surface area (Å²) in [4.78, 5) is 28.4. The van der Waals surface area contributed by atoms with Crippen LogP contribution in [0.5, 0.6) is 11.6 Å². The molecule has 164 valence electrons. The number of ether oxygens (including phenoxy) is 2. The van der Waals surface area contributed by atoms with Gasteiger partial charge in [0.25, 0.3) is 5.91 Å². The second-order valence-corrected chi connectivity index (χ2v) is 7.28. The van der Waals surface area contributed by atoms with E-state index in [2.05, 4.69) is 25.2 Å². The summed E-state index contributed by atoms with van der Waals surface area (Å²) in [5.41, 5.74) is 0.869. The maximum atomic E-state index is 14.9. The number of nitrogens with zero attached hydrogens (tertiary/aromatic N) is 4. The van der Waals surface area contributed by atoms with Gasteiger partial charge >= 0.3 is 0 Å². The molecular formula is C21H25FN6O3. The van der Waals surface area contributed by atoms with Gasteiger partial charge in [-0.3, -0.25) is 4.79 Å². The third-order valence-electron chi connectivity index (χ3n) is 5.22. The first-order chi connectivity index (χ1) is 15.0. The van der Waals surface area contributed by atoms with Crippen molar-refractivity contribution in [2.24, 2.45) is 0 Å². The van der Waals surface area contributed by atoms with Gasteiger partial charge in [-0.15, -0.1) is 0 Å². The Bertz CT molecular complexity index is 1090. The van der Waals surface area contributed by atoms with Gasteiger partial charge in [0.1, 0.15) is 17.2 Å². The second-order valence-electron chi connectivity index (χ2n) is 7.28. The van der Waals surface area contributed by atoms with E-state index in [1.54, 1.807) is 11.1 Å². The molecule has 1 aliphatic rings. The van der Waals surface area contributed by atoms with Crippen molar-refractivity contribution < 1.29 is 18.7 Å². The highest BCUT2D eigenvalue weighted by Crippen LogP contribution is 2.32. The molecule has 0 spiro atoms. The summed E-state index contributed by atoms with van der Waals surface area (Å²) in [7, 11) is 3.46. The van der Waals surface area contributed by atoms with Crippen LogP contribution in [0.3, 0.4) is 0 Å². The summed E-state index contributed by atoms with van der Waals surface area (Å²) in [6.07, 6.45) is 1.74. The molecule has 3 heterocycles. The number of benzene rings is 1. The van der Waals surface area contributed by atoms with Crippen molar-refractivity contribution in [3.05, 3.63) is 35.8 Å². The predicted octanol–water partition coefficient (Wildman–Crippen LogP) is 2.64. The molecule has 1 amide bonds. The van der Waals surface area contributed by atoms with Crippen LogP contribution in [0.15, 0.2) is 24.4 Å². The van der Waals surface area contributed by atoms with Crippen LogP contribution < -0.4 is 14.8 Å². The van der Waals surface area contributed by atoms with Crippen molar-refractivity contribution in [3.63, 3.8) is 0 Å². The molecule has 2 aromatic heterocycles. The van der Waals surface area contributed by atoms with E-state index in [-0.39, 0.29) is 17.4 Å². The Morgan fingerprint density at radius 1 is 1.26 bits per heavy atom. The number of aromatic nitrogens is 3. The topological polar surface area (TPSA) is 95.6 Å². The molecule has 1 aromatic carbocycles. The highest BCUT2D eigenvalue weighted by atomic mass is 19.1. The van der Waals surface area contributed by atoms with Gasteiger partial charge in [-0.2, -0.15) is 9.97 Å². The quantitative estimate of drug-likeness (QED) is 0.623. The van der Waals surface area contributed by atoms with Crippen LogP contribution in [0.25, 0.3) is 11.0 Å². The number of hydrogen-bond donors (Lipinski definition) is 2. The number of carbonyl (C=O) groups is 1. The van der Waals surface area contributed by atoms with Crippen LogP contribution >= 0.6 is 0 Å². The zero-order valence-electron chi connectivity index (χ0n) is 17.7. The molecule has 0 saturated carbocycles. The molecule has 31 heavy (non-hydrogen) atoms. The molecule has 4 rings (SSSR count). The van der Waals surface area contributed by atoms with Crippen LogP contribution in [0, 0.1) is 5.82 Å². The lowest BCUT2D eigenvalue weighted by Gasteiger charge is -2.32. The number of methoxy groups -OCH3 is 1. The second kappa shape index (κ2) is 8.76. The molecular weight excluding hydrogens is 403 g/mol. The van der Waals surface area contributed by atoms with Gasteiger partial charge < -0.3 is 29.6 Å². The van der Waals surface area contributed by atoms with Crippen LogP contribution in [0.4, 0.5) is 16.0 Å². The molecule has 0 radical (unpaired) electrons. The van der Waals surface area contributed by atoms with Crippen LogP contribution in [-0.4, -0.2) is 77.6 Å². The largest absolute Gasteiger partial charge is 0.495 e. The van der Waals surface area contributed by atoms with Gasteiger partial charge in [0.05, 0.1) is 30.4 Å². The van der Waals surface area contributed by atoms with Gasteiger partial charge in [-0.05, 0) is 26.1 Å². The smallest absolute Gasteiger partial charge is 0.257 e. The average Bonchev–Trinajstić information content (AvgIpc) is 3.23. The molecule has 9 nitrogen and oxygen atoms in total. The van der Waals surface area contributed by atoms with E-state index >= 15 is 0 Å². The van der Waals surface area contributed by atoms with E-state index in [0.29, 0.717) is 42.7 Å². The van der Waals surface area contributed by atoms with Gasteiger partial charge in [-0.1, -0.05) is 0 Å². The molecule has 0 atom stereocenters. The van der Waals surface area contributed by atoms with Crippen LogP contribution in [0.1, 0.15) is 17.3 Å². The van der Waals surface area contributed by atoms with Crippen molar-refractivity contribution in [1.29, 1.82) is 0 Å². The number of likely N-dealkylation sites (N-methyl/N-ethyl adjacent to an activating group) is 1. The first-order valence-electron chi connectivity index (χ1n) is 10.1. The molecule has 0 unspecified atom stereocenters. The molecule has 1 aliphatic heterocycles. The first kappa shape index (κ1) is 20.9. The van der Waals surface area contributed by atoms with Gasteiger partial charge in [0.2, 0.25) is 11.8 Å². The Morgan fingerprint density at radius 3 is 2.74 bits per heavy atom. The maximum absolute atomic E-state index is 14.9. The highest BCUT2D eigenvalue weighted by molar-refractivity contribution is 5.96. The van der Waals surface area contributed by atoms with E-state index in [1.807, 2.05) is 20.0 Å². The van der Waals surface area contributed by atoms with Crippen LogP contribution in [0.2, 0.25) is 0 Å². The molecule has 2 N–H and O–H groups in total. The lowest BCUT2D eigenvalue weighted by atomic mass is 10.1. The van der Waals surface area contributed by atoms with Crippen molar-refractivity contribution in [1.82, 2.24) is 24.8 Å². The number of carbonyl (C=O) groups excluding carboxylic acids is 1. The molecule has 10 heteroatoms. The summed E-state index contributed by atoms with van der Waals surface area (Å²) >= 11 is 0. The number of amides is 1. The van der Waals surface area contributed by atoms with E-state index in [4.69, 9.17) is 9.47 Å². The lowest BCUT2D eigenvalue weighted by molar-refractivity contribution is 0.0659. The van der Waals surface area contributed by atoms with Gasteiger partial charge in [0, 0.05) is 38.4 Å².